The van der Waals surface area contributed by atoms with E-state index in [1.807, 2.05) is 18.2 Å². The predicted octanol–water partition coefficient (Wildman–Crippen LogP) is 7.00. The van der Waals surface area contributed by atoms with Crippen molar-refractivity contribution in [1.82, 2.24) is 20.0 Å². The number of aromatic nitrogens is 2. The Morgan fingerprint density at radius 1 is 0.909 bits per heavy atom. The van der Waals surface area contributed by atoms with Gasteiger partial charge in [0.2, 0.25) is 0 Å². The van der Waals surface area contributed by atoms with Crippen LogP contribution in [0.2, 0.25) is 0 Å². The first kappa shape index (κ1) is 38.7. The van der Waals surface area contributed by atoms with Crippen LogP contribution < -0.4 is 5.56 Å². The molecule has 0 bridgehead atoms. The Balaban J connectivity index is 0.725. The van der Waals surface area contributed by atoms with Crippen molar-refractivity contribution in [1.29, 1.82) is 0 Å². The molecule has 5 aliphatic rings. The van der Waals surface area contributed by atoms with Gasteiger partial charge in [-0.3, -0.25) is 14.5 Å². The van der Waals surface area contributed by atoms with E-state index in [9.17, 15) is 19.1 Å². The van der Waals surface area contributed by atoms with E-state index in [0.29, 0.717) is 66.7 Å². The molecule has 4 aliphatic carbocycles. The molecule has 10 heteroatoms. The molecule has 0 radical (unpaired) electrons. The second-order valence-corrected chi connectivity index (χ2v) is 18.1. The molecule has 4 saturated carbocycles. The number of aromatic amines is 1. The number of H-pyrrole nitrogens is 1. The van der Waals surface area contributed by atoms with E-state index >= 15 is 0 Å². The molecule has 1 unspecified atom stereocenters. The number of rotatable bonds is 12. The Labute approximate surface area is 325 Å². The third kappa shape index (κ3) is 7.77. The highest BCUT2D eigenvalue weighted by Gasteiger charge is 2.60. The van der Waals surface area contributed by atoms with Gasteiger partial charge in [-0.2, -0.15) is 5.10 Å². The molecule has 9 nitrogen and oxygen atoms in total. The number of aliphatic hydroxyl groups is 1. The maximum atomic E-state index is 14.9. The van der Waals surface area contributed by atoms with Crippen molar-refractivity contribution in [2.75, 3.05) is 52.5 Å². The van der Waals surface area contributed by atoms with Gasteiger partial charge in [-0.05, 0) is 129 Å². The molecule has 8 atom stereocenters. The fourth-order valence-corrected chi connectivity index (χ4v) is 12.0. The van der Waals surface area contributed by atoms with Crippen molar-refractivity contribution in [2.24, 2.45) is 34.5 Å². The Kier molecular flexibility index (Phi) is 11.5. The molecule has 1 aromatic heterocycles. The lowest BCUT2D eigenvalue weighted by Crippen LogP contribution is -2.54. The van der Waals surface area contributed by atoms with E-state index in [1.165, 1.54) is 51.0 Å². The molecule has 1 aliphatic heterocycles. The lowest BCUT2D eigenvalue weighted by molar-refractivity contribution is -0.141. The Hall–Kier alpha value is -3.18. The first-order valence-corrected chi connectivity index (χ1v) is 21.3. The number of benzene rings is 2. The topological polar surface area (TPSA) is 108 Å². The van der Waals surface area contributed by atoms with Crippen LogP contribution in [0.5, 0.6) is 0 Å². The summed E-state index contributed by atoms with van der Waals surface area (Å²) in [4.78, 5) is 29.7. The fraction of sp³-hybridized carbons (Fsp3) is 0.667. The van der Waals surface area contributed by atoms with E-state index in [2.05, 4.69) is 28.9 Å². The average molecular weight is 757 g/mol. The summed E-state index contributed by atoms with van der Waals surface area (Å²) >= 11 is 0. The lowest BCUT2D eigenvalue weighted by Gasteiger charge is -2.60. The number of carbonyl (C=O) groups is 1. The van der Waals surface area contributed by atoms with Crippen molar-refractivity contribution in [3.8, 4) is 0 Å². The molecule has 1 amide bonds. The summed E-state index contributed by atoms with van der Waals surface area (Å²) in [5.74, 6) is 2.33. The van der Waals surface area contributed by atoms with Crippen molar-refractivity contribution in [2.45, 2.75) is 103 Å². The van der Waals surface area contributed by atoms with Crippen molar-refractivity contribution < 1.29 is 23.8 Å². The van der Waals surface area contributed by atoms with Gasteiger partial charge in [0, 0.05) is 64.4 Å². The van der Waals surface area contributed by atoms with Gasteiger partial charge < -0.3 is 19.5 Å². The fourth-order valence-electron chi connectivity index (χ4n) is 12.0. The number of halogens is 1. The minimum absolute atomic E-state index is 0.0736. The Morgan fingerprint density at radius 2 is 1.67 bits per heavy atom. The van der Waals surface area contributed by atoms with Crippen LogP contribution in [0, 0.1) is 40.3 Å². The molecule has 1 saturated heterocycles. The van der Waals surface area contributed by atoms with E-state index < -0.39 is 5.82 Å². The van der Waals surface area contributed by atoms with Gasteiger partial charge in [0.15, 0.2) is 0 Å². The molecular weight excluding hydrogens is 696 g/mol. The zero-order valence-electron chi connectivity index (χ0n) is 32.9. The number of nitrogens with zero attached hydrogens (tertiary/aromatic N) is 3. The number of fused-ring (bicyclic) bond motifs is 6. The number of aliphatic hydroxyl groups excluding tert-OH is 1. The van der Waals surface area contributed by atoms with E-state index in [4.69, 9.17) is 9.47 Å². The first-order valence-electron chi connectivity index (χ1n) is 21.3. The van der Waals surface area contributed by atoms with E-state index in [-0.39, 0.29) is 23.1 Å². The molecule has 55 heavy (non-hydrogen) atoms. The van der Waals surface area contributed by atoms with Gasteiger partial charge in [0.25, 0.3) is 11.5 Å². The maximum absolute atomic E-state index is 14.9. The second kappa shape index (κ2) is 16.4. The van der Waals surface area contributed by atoms with E-state index in [0.717, 1.165) is 80.6 Å². The highest BCUT2D eigenvalue weighted by Crippen LogP contribution is 2.66. The molecule has 0 spiro atoms. The normalized spacial score (nSPS) is 32.3. The zero-order chi connectivity index (χ0) is 38.2. The minimum Gasteiger partial charge on any atom is -0.393 e. The van der Waals surface area contributed by atoms with Crippen LogP contribution in [0.25, 0.3) is 10.8 Å². The molecule has 8 rings (SSSR count). The molecule has 298 valence electrons. The summed E-state index contributed by atoms with van der Waals surface area (Å²) in [6.07, 6.45) is 13.5. The smallest absolute Gasteiger partial charge is 0.272 e. The van der Waals surface area contributed by atoms with Crippen LogP contribution in [-0.4, -0.2) is 95.8 Å². The standard InChI is InChI=1S/C45H61FN4O5/c1-44-17-15-32(51)29-31(44)10-11-35-37-12-14-41(45(37,2)18-16-38(35)44)55-26-6-25-54-24-5-19-49-20-22-50(23-21-49)43(53)36-27-30(9-13-39(36)46)28-40-33-7-3-4-8-34(33)42(52)48-47-40/h3-4,7-9,13,27,31-32,35,37-38,41,51H,5-6,10-12,14-26,28-29H2,1-2H3,(H,48,52)/t31-,32?,35-,37-,38-,41-,44-,45-/m0/s1. The second-order valence-electron chi connectivity index (χ2n) is 18.1. The number of ether oxygens (including phenoxy) is 2. The largest absolute Gasteiger partial charge is 0.393 e. The SMILES string of the molecule is C[C@]12CCC(O)C[C@@H]1CC[C@@H]1[C@@H]2CC[C@]2(C)[C@@H](OCCCOCCCN3CCN(C(=O)c4cc(Cc5n[nH]c(=O)c6ccccc56)ccc4F)CC3)CC[C@@H]12. The van der Waals surface area contributed by atoms with Crippen LogP contribution in [0.15, 0.2) is 47.3 Å². The number of nitrogens with one attached hydrogen (secondary N) is 1. The maximum Gasteiger partial charge on any atom is 0.272 e. The molecule has 3 aromatic rings. The van der Waals surface area contributed by atoms with Crippen molar-refractivity contribution in [3.05, 3.63) is 75.5 Å². The predicted molar refractivity (Wildman–Crippen MR) is 211 cm³/mol. The number of amides is 1. The van der Waals surface area contributed by atoms with E-state index in [1.54, 1.807) is 23.1 Å². The summed E-state index contributed by atoms with van der Waals surface area (Å²) in [5.41, 5.74) is 1.98. The van der Waals surface area contributed by atoms with Gasteiger partial charge in [-0.15, -0.1) is 0 Å². The first-order chi connectivity index (χ1) is 26.6. The van der Waals surface area contributed by atoms with Gasteiger partial charge in [-0.25, -0.2) is 9.49 Å². The lowest BCUT2D eigenvalue weighted by atomic mass is 9.45. The van der Waals surface area contributed by atoms with Crippen LogP contribution in [0.1, 0.15) is 106 Å². The molecule has 5 fully saturated rings. The van der Waals surface area contributed by atoms with Gasteiger partial charge >= 0.3 is 0 Å². The third-order valence-electron chi connectivity index (χ3n) is 15.1. The monoisotopic (exact) mass is 756 g/mol. The minimum atomic E-state index is -0.527. The molecule has 2 heterocycles. The quantitative estimate of drug-likeness (QED) is 0.192. The highest BCUT2D eigenvalue weighted by atomic mass is 19.1. The van der Waals surface area contributed by atoms with Crippen LogP contribution in [0.4, 0.5) is 4.39 Å². The summed E-state index contributed by atoms with van der Waals surface area (Å²) in [5, 5.41) is 18.5. The highest BCUT2D eigenvalue weighted by molar-refractivity contribution is 5.95. The number of carbonyl (C=O) groups excluding carboxylic acids is 1. The van der Waals surface area contributed by atoms with Gasteiger partial charge in [0.1, 0.15) is 5.82 Å². The Bertz CT molecular complexity index is 1880. The number of hydrogen-bond donors (Lipinski definition) is 2. The van der Waals surface area contributed by atoms with Crippen LogP contribution in [0.3, 0.4) is 0 Å². The van der Waals surface area contributed by atoms with Crippen LogP contribution >= 0.6 is 0 Å². The number of hydrogen-bond acceptors (Lipinski definition) is 7. The average Bonchev–Trinajstić information content (AvgIpc) is 3.54. The molecule has 2 N–H and O–H groups in total. The summed E-state index contributed by atoms with van der Waals surface area (Å²) in [6.45, 7) is 10.8. The zero-order valence-corrected chi connectivity index (χ0v) is 32.9. The Morgan fingerprint density at radius 3 is 2.51 bits per heavy atom. The number of piperazine rings is 1. The van der Waals surface area contributed by atoms with Crippen LogP contribution in [-0.2, 0) is 15.9 Å². The summed E-state index contributed by atoms with van der Waals surface area (Å²) in [6, 6.07) is 11.9. The third-order valence-corrected chi connectivity index (χ3v) is 15.1. The van der Waals surface area contributed by atoms with Crippen molar-refractivity contribution >= 4 is 16.7 Å². The molecule has 2 aromatic carbocycles. The summed E-state index contributed by atoms with van der Waals surface area (Å²) < 4.78 is 27.6. The van der Waals surface area contributed by atoms with Gasteiger partial charge in [0.05, 0.1) is 28.9 Å². The summed E-state index contributed by atoms with van der Waals surface area (Å²) in [7, 11) is 0. The van der Waals surface area contributed by atoms with Crippen molar-refractivity contribution in [3.63, 3.8) is 0 Å². The molecular formula is C45H61FN4O5. The van der Waals surface area contributed by atoms with Gasteiger partial charge in [-0.1, -0.05) is 38.1 Å².